The first-order valence-electron chi connectivity index (χ1n) is 10.4. The summed E-state index contributed by atoms with van der Waals surface area (Å²) in [7, 11) is 0. The Labute approximate surface area is 174 Å². The van der Waals surface area contributed by atoms with E-state index in [9.17, 15) is 9.18 Å². The lowest BCUT2D eigenvalue weighted by atomic mass is 9.89. The molecule has 2 atom stereocenters. The van der Waals surface area contributed by atoms with Gasteiger partial charge < -0.3 is 14.5 Å². The number of piperidine rings is 1. The highest BCUT2D eigenvalue weighted by molar-refractivity contribution is 5.88. The molecule has 0 unspecified atom stereocenters. The number of halogens is 1. The number of pyridine rings is 1. The van der Waals surface area contributed by atoms with Crippen molar-refractivity contribution in [2.45, 2.75) is 50.5 Å². The van der Waals surface area contributed by atoms with Gasteiger partial charge in [0.15, 0.2) is 5.60 Å². The number of aryl methyl sites for hydroxylation is 1. The van der Waals surface area contributed by atoms with Crippen LogP contribution >= 0.6 is 0 Å². The number of ether oxygens (including phenoxy) is 1. The van der Waals surface area contributed by atoms with Gasteiger partial charge in [0.1, 0.15) is 23.9 Å². The molecule has 30 heavy (non-hydrogen) atoms. The van der Waals surface area contributed by atoms with Crippen LogP contribution in [-0.2, 0) is 9.53 Å². The molecule has 2 aromatic rings. The zero-order chi connectivity index (χ0) is 20.9. The molecule has 1 aromatic carbocycles. The predicted molar refractivity (Wildman–Crippen MR) is 108 cm³/mol. The number of hydrogen-bond donors (Lipinski definition) is 0. The van der Waals surface area contributed by atoms with Crippen LogP contribution in [-0.4, -0.2) is 40.7 Å². The average molecular weight is 406 g/mol. The van der Waals surface area contributed by atoms with Crippen LogP contribution < -0.4 is 4.90 Å². The van der Waals surface area contributed by atoms with Crippen molar-refractivity contribution in [1.29, 1.82) is 5.26 Å². The molecule has 0 N–H and O–H groups in total. The van der Waals surface area contributed by atoms with Crippen LogP contribution in [0, 0.1) is 24.1 Å². The molecule has 0 aliphatic carbocycles. The molecule has 0 saturated carbocycles. The molecular formula is C23H23FN4O2. The second-order valence-corrected chi connectivity index (χ2v) is 8.33. The van der Waals surface area contributed by atoms with E-state index < -0.39 is 5.60 Å². The molecule has 7 heteroatoms. The number of rotatable bonds is 2. The van der Waals surface area contributed by atoms with Gasteiger partial charge in [-0.1, -0.05) is 12.1 Å². The van der Waals surface area contributed by atoms with Crippen LogP contribution in [0.15, 0.2) is 36.4 Å². The maximum absolute atomic E-state index is 13.7. The SMILES string of the molecule is Cc1nc(N2CCC3(CC2)O[C@@H]2CC[C@@H](c4cccc(F)c4)N2C3=O)ccc1C#N. The number of nitrogens with zero attached hydrogens (tertiary/aromatic N) is 4. The second kappa shape index (κ2) is 7.06. The number of amides is 1. The van der Waals surface area contributed by atoms with Gasteiger partial charge in [0, 0.05) is 25.9 Å². The predicted octanol–water partition coefficient (Wildman–Crippen LogP) is 3.46. The summed E-state index contributed by atoms with van der Waals surface area (Å²) in [6, 6.07) is 12.2. The van der Waals surface area contributed by atoms with E-state index in [1.807, 2.05) is 24.0 Å². The highest BCUT2D eigenvalue weighted by atomic mass is 19.1. The van der Waals surface area contributed by atoms with E-state index in [-0.39, 0.29) is 24.0 Å². The second-order valence-electron chi connectivity index (χ2n) is 8.33. The highest BCUT2D eigenvalue weighted by Crippen LogP contribution is 2.47. The smallest absolute Gasteiger partial charge is 0.257 e. The van der Waals surface area contributed by atoms with Crippen molar-refractivity contribution in [1.82, 2.24) is 9.88 Å². The van der Waals surface area contributed by atoms with Crippen LogP contribution in [0.2, 0.25) is 0 Å². The summed E-state index contributed by atoms with van der Waals surface area (Å²) in [4.78, 5) is 22.0. The Morgan fingerprint density at radius 1 is 1.23 bits per heavy atom. The fourth-order valence-corrected chi connectivity index (χ4v) is 5.03. The number of aromatic nitrogens is 1. The largest absolute Gasteiger partial charge is 0.356 e. The Hall–Kier alpha value is -2.98. The monoisotopic (exact) mass is 406 g/mol. The van der Waals surface area contributed by atoms with Crippen molar-refractivity contribution in [2.24, 2.45) is 0 Å². The van der Waals surface area contributed by atoms with E-state index in [0.29, 0.717) is 37.2 Å². The van der Waals surface area contributed by atoms with Gasteiger partial charge in [0.2, 0.25) is 0 Å². The third-order valence-electron chi connectivity index (χ3n) is 6.64. The Bertz CT molecular complexity index is 1040. The van der Waals surface area contributed by atoms with E-state index in [0.717, 1.165) is 24.2 Å². The van der Waals surface area contributed by atoms with Crippen molar-refractivity contribution < 1.29 is 13.9 Å². The maximum Gasteiger partial charge on any atom is 0.257 e. The van der Waals surface area contributed by atoms with Crippen molar-refractivity contribution in [3.05, 3.63) is 59.0 Å². The molecule has 3 fully saturated rings. The van der Waals surface area contributed by atoms with Crippen molar-refractivity contribution >= 4 is 11.7 Å². The summed E-state index contributed by atoms with van der Waals surface area (Å²) >= 11 is 0. The zero-order valence-corrected chi connectivity index (χ0v) is 16.8. The van der Waals surface area contributed by atoms with Crippen LogP contribution in [0.3, 0.4) is 0 Å². The molecule has 154 valence electrons. The standard InChI is InChI=1S/C23H23FN4O2/c1-15-17(14-25)5-7-20(26-15)27-11-9-23(10-12-27)22(29)28-19(6-8-21(28)30-23)16-3-2-4-18(24)13-16/h2-5,7,13,19,21H,6,8-12H2,1H3/t19-,21+/m0/s1. The minimum Gasteiger partial charge on any atom is -0.356 e. The first-order valence-corrected chi connectivity index (χ1v) is 10.4. The molecule has 3 saturated heterocycles. The molecule has 1 amide bonds. The van der Waals surface area contributed by atoms with Crippen LogP contribution in [0.5, 0.6) is 0 Å². The number of carbonyl (C=O) groups is 1. The minimum absolute atomic E-state index is 0.0304. The van der Waals surface area contributed by atoms with Gasteiger partial charge in [0.05, 0.1) is 17.3 Å². The van der Waals surface area contributed by atoms with Crippen LogP contribution in [0.4, 0.5) is 10.2 Å². The molecule has 1 spiro atoms. The molecular weight excluding hydrogens is 383 g/mol. The number of anilines is 1. The van der Waals surface area contributed by atoms with Gasteiger partial charge in [0.25, 0.3) is 5.91 Å². The van der Waals surface area contributed by atoms with Crippen LogP contribution in [0.25, 0.3) is 0 Å². The van der Waals surface area contributed by atoms with Gasteiger partial charge >= 0.3 is 0 Å². The molecule has 4 heterocycles. The lowest BCUT2D eigenvalue weighted by Crippen LogP contribution is -2.50. The fraction of sp³-hybridized carbons (Fsp3) is 0.435. The Balaban J connectivity index is 1.32. The average Bonchev–Trinajstić information content (AvgIpc) is 3.27. The van der Waals surface area contributed by atoms with E-state index in [2.05, 4.69) is 16.0 Å². The van der Waals surface area contributed by atoms with Crippen molar-refractivity contribution in [3.63, 3.8) is 0 Å². The number of carbonyl (C=O) groups excluding carboxylic acids is 1. The maximum atomic E-state index is 13.7. The zero-order valence-electron chi connectivity index (χ0n) is 16.8. The molecule has 0 radical (unpaired) electrons. The Kier molecular flexibility index (Phi) is 4.48. The Morgan fingerprint density at radius 3 is 2.73 bits per heavy atom. The van der Waals surface area contributed by atoms with Gasteiger partial charge in [-0.3, -0.25) is 4.79 Å². The summed E-state index contributed by atoms with van der Waals surface area (Å²) < 4.78 is 20.1. The summed E-state index contributed by atoms with van der Waals surface area (Å²) in [5.74, 6) is 0.574. The third kappa shape index (κ3) is 2.94. The number of benzene rings is 1. The summed E-state index contributed by atoms with van der Waals surface area (Å²) in [5, 5.41) is 9.10. The number of nitriles is 1. The summed E-state index contributed by atoms with van der Waals surface area (Å²) in [6.45, 7) is 3.16. The fourth-order valence-electron chi connectivity index (χ4n) is 5.03. The first kappa shape index (κ1) is 19.0. The molecule has 0 bridgehead atoms. The Morgan fingerprint density at radius 2 is 2.03 bits per heavy atom. The van der Waals surface area contributed by atoms with Crippen molar-refractivity contribution in [3.8, 4) is 6.07 Å². The van der Waals surface area contributed by atoms with Gasteiger partial charge in [-0.25, -0.2) is 9.37 Å². The topological polar surface area (TPSA) is 69.5 Å². The minimum atomic E-state index is -0.797. The summed E-state index contributed by atoms with van der Waals surface area (Å²) in [5.41, 5.74) is 1.32. The molecule has 3 aliphatic heterocycles. The molecule has 1 aromatic heterocycles. The number of hydrogen-bond acceptors (Lipinski definition) is 5. The first-order chi connectivity index (χ1) is 14.5. The van der Waals surface area contributed by atoms with Gasteiger partial charge in [-0.2, -0.15) is 5.26 Å². The highest BCUT2D eigenvalue weighted by Gasteiger charge is 2.58. The molecule has 5 rings (SSSR count). The number of fused-ring (bicyclic) bond motifs is 1. The summed E-state index contributed by atoms with van der Waals surface area (Å²) in [6.07, 6.45) is 2.52. The molecule has 6 nitrogen and oxygen atoms in total. The quantitative estimate of drug-likeness (QED) is 0.764. The normalized spacial score (nSPS) is 24.9. The van der Waals surface area contributed by atoms with Crippen LogP contribution in [0.1, 0.15) is 48.5 Å². The van der Waals surface area contributed by atoms with E-state index >= 15 is 0 Å². The van der Waals surface area contributed by atoms with E-state index in [4.69, 9.17) is 10.00 Å². The lowest BCUT2D eigenvalue weighted by molar-refractivity contribution is -0.140. The van der Waals surface area contributed by atoms with Gasteiger partial charge in [-0.15, -0.1) is 0 Å². The lowest BCUT2D eigenvalue weighted by Gasteiger charge is -2.38. The van der Waals surface area contributed by atoms with Gasteiger partial charge in [-0.05, 0) is 49.6 Å². The van der Waals surface area contributed by atoms with E-state index in [1.165, 1.54) is 12.1 Å². The third-order valence-corrected chi connectivity index (χ3v) is 6.64. The molecule has 3 aliphatic rings. The van der Waals surface area contributed by atoms with Crippen molar-refractivity contribution in [2.75, 3.05) is 18.0 Å². The van der Waals surface area contributed by atoms with E-state index in [1.54, 1.807) is 12.1 Å².